The zero-order valence-corrected chi connectivity index (χ0v) is 10.1. The second-order valence-corrected chi connectivity index (χ2v) is 3.96. The minimum Gasteiger partial charge on any atom is -0.468 e. The van der Waals surface area contributed by atoms with Gasteiger partial charge in [-0.25, -0.2) is 0 Å². The molecule has 1 aromatic carbocycles. The molecule has 0 saturated carbocycles. The van der Waals surface area contributed by atoms with Gasteiger partial charge in [-0.05, 0) is 5.56 Å². The topological polar surface area (TPSA) is 70.1 Å². The molecule has 1 aromatic heterocycles. The molecule has 2 N–H and O–H groups in total. The standard InChI is InChI=1S/C13H15N3O2/c1-18-13(17)12(14)11-7-15-16(9-11)8-10-5-3-2-4-6-10/h2-7,9,12H,8,14H2,1H3. The van der Waals surface area contributed by atoms with Crippen LogP contribution in [0.25, 0.3) is 0 Å². The van der Waals surface area contributed by atoms with Crippen molar-refractivity contribution < 1.29 is 9.53 Å². The van der Waals surface area contributed by atoms with Crippen LogP contribution in [0.4, 0.5) is 0 Å². The van der Waals surface area contributed by atoms with E-state index >= 15 is 0 Å². The van der Waals surface area contributed by atoms with Gasteiger partial charge in [0, 0.05) is 11.8 Å². The number of benzene rings is 1. The number of nitrogens with zero attached hydrogens (tertiary/aromatic N) is 2. The SMILES string of the molecule is COC(=O)C(N)c1cnn(Cc2ccccc2)c1. The van der Waals surface area contributed by atoms with Crippen LogP contribution in [0.15, 0.2) is 42.7 Å². The lowest BCUT2D eigenvalue weighted by molar-refractivity contribution is -0.142. The van der Waals surface area contributed by atoms with E-state index in [1.165, 1.54) is 7.11 Å². The monoisotopic (exact) mass is 245 g/mol. The first-order valence-corrected chi connectivity index (χ1v) is 5.60. The van der Waals surface area contributed by atoms with Gasteiger partial charge in [-0.15, -0.1) is 0 Å². The molecule has 0 radical (unpaired) electrons. The predicted molar refractivity (Wildman–Crippen MR) is 66.7 cm³/mol. The maximum atomic E-state index is 11.3. The molecule has 1 atom stereocenters. The largest absolute Gasteiger partial charge is 0.468 e. The number of nitrogens with two attached hydrogens (primary N) is 1. The zero-order valence-electron chi connectivity index (χ0n) is 10.1. The fraction of sp³-hybridized carbons (Fsp3) is 0.231. The normalized spacial score (nSPS) is 12.1. The number of aromatic nitrogens is 2. The Morgan fingerprint density at radius 2 is 2.17 bits per heavy atom. The number of carbonyl (C=O) groups excluding carboxylic acids is 1. The smallest absolute Gasteiger partial charge is 0.327 e. The summed E-state index contributed by atoms with van der Waals surface area (Å²) in [5.41, 5.74) is 7.52. The molecule has 2 rings (SSSR count). The highest BCUT2D eigenvalue weighted by Crippen LogP contribution is 2.11. The molecular formula is C13H15N3O2. The van der Waals surface area contributed by atoms with Gasteiger partial charge < -0.3 is 10.5 Å². The van der Waals surface area contributed by atoms with E-state index in [0.29, 0.717) is 12.1 Å². The summed E-state index contributed by atoms with van der Waals surface area (Å²) in [6, 6.07) is 9.16. The van der Waals surface area contributed by atoms with Crippen molar-refractivity contribution in [3.63, 3.8) is 0 Å². The molecule has 0 bridgehead atoms. The van der Waals surface area contributed by atoms with Crippen molar-refractivity contribution in [2.45, 2.75) is 12.6 Å². The van der Waals surface area contributed by atoms with Gasteiger partial charge in [-0.1, -0.05) is 30.3 Å². The fourth-order valence-electron chi connectivity index (χ4n) is 1.66. The van der Waals surface area contributed by atoms with Gasteiger partial charge in [-0.2, -0.15) is 5.10 Å². The maximum Gasteiger partial charge on any atom is 0.327 e. The lowest BCUT2D eigenvalue weighted by Gasteiger charge is -2.05. The molecule has 94 valence electrons. The van der Waals surface area contributed by atoms with Crippen molar-refractivity contribution in [3.8, 4) is 0 Å². The first-order chi connectivity index (χ1) is 8.70. The maximum absolute atomic E-state index is 11.3. The van der Waals surface area contributed by atoms with Crippen LogP contribution in [0, 0.1) is 0 Å². The van der Waals surface area contributed by atoms with Crippen LogP contribution in [0.3, 0.4) is 0 Å². The van der Waals surface area contributed by atoms with Gasteiger partial charge in [0.05, 0.1) is 19.9 Å². The summed E-state index contributed by atoms with van der Waals surface area (Å²) < 4.78 is 6.34. The average molecular weight is 245 g/mol. The van der Waals surface area contributed by atoms with E-state index in [1.807, 2.05) is 30.3 Å². The van der Waals surface area contributed by atoms with Crippen molar-refractivity contribution in [2.75, 3.05) is 7.11 Å². The number of methoxy groups -OCH3 is 1. The molecule has 0 aliphatic heterocycles. The van der Waals surface area contributed by atoms with Crippen LogP contribution in [0.5, 0.6) is 0 Å². The predicted octanol–water partition coefficient (Wildman–Crippen LogP) is 1.10. The highest BCUT2D eigenvalue weighted by atomic mass is 16.5. The molecule has 5 nitrogen and oxygen atoms in total. The number of hydrogen-bond acceptors (Lipinski definition) is 4. The summed E-state index contributed by atoms with van der Waals surface area (Å²) in [6.07, 6.45) is 3.35. The van der Waals surface area contributed by atoms with Crippen LogP contribution < -0.4 is 5.73 Å². The van der Waals surface area contributed by atoms with Crippen molar-refractivity contribution in [2.24, 2.45) is 5.73 Å². The first-order valence-electron chi connectivity index (χ1n) is 5.60. The number of ether oxygens (including phenoxy) is 1. The Balaban J connectivity index is 2.09. The van der Waals surface area contributed by atoms with Crippen molar-refractivity contribution in [3.05, 3.63) is 53.9 Å². The van der Waals surface area contributed by atoms with E-state index in [0.717, 1.165) is 5.56 Å². The second kappa shape index (κ2) is 5.46. The van der Waals surface area contributed by atoms with Crippen molar-refractivity contribution >= 4 is 5.97 Å². The van der Waals surface area contributed by atoms with Crippen molar-refractivity contribution in [1.82, 2.24) is 9.78 Å². The van der Waals surface area contributed by atoms with E-state index in [9.17, 15) is 4.79 Å². The third kappa shape index (κ3) is 2.75. The quantitative estimate of drug-likeness (QED) is 0.819. The molecule has 0 aliphatic rings. The third-order valence-corrected chi connectivity index (χ3v) is 2.65. The van der Waals surface area contributed by atoms with Gasteiger partial charge in [0.2, 0.25) is 0 Å². The Morgan fingerprint density at radius 3 is 2.83 bits per heavy atom. The average Bonchev–Trinajstić information content (AvgIpc) is 2.86. The Bertz CT molecular complexity index is 522. The molecular weight excluding hydrogens is 230 g/mol. The van der Waals surface area contributed by atoms with Crippen LogP contribution in [-0.4, -0.2) is 22.9 Å². The van der Waals surface area contributed by atoms with Crippen LogP contribution >= 0.6 is 0 Å². The van der Waals surface area contributed by atoms with Crippen LogP contribution in [0.1, 0.15) is 17.2 Å². The highest BCUT2D eigenvalue weighted by molar-refractivity contribution is 5.76. The Labute approximate surface area is 105 Å². The molecule has 0 aliphatic carbocycles. The van der Waals surface area contributed by atoms with Gasteiger partial charge >= 0.3 is 5.97 Å². The van der Waals surface area contributed by atoms with Crippen molar-refractivity contribution in [1.29, 1.82) is 0 Å². The minimum atomic E-state index is -0.778. The van der Waals surface area contributed by atoms with E-state index in [4.69, 9.17) is 5.73 Å². The van der Waals surface area contributed by atoms with Crippen LogP contribution in [-0.2, 0) is 16.1 Å². The number of rotatable bonds is 4. The van der Waals surface area contributed by atoms with Gasteiger partial charge in [0.15, 0.2) is 0 Å². The fourth-order valence-corrected chi connectivity index (χ4v) is 1.66. The molecule has 0 amide bonds. The van der Waals surface area contributed by atoms with Crippen LogP contribution in [0.2, 0.25) is 0 Å². The minimum absolute atomic E-state index is 0.464. The molecule has 0 saturated heterocycles. The summed E-state index contributed by atoms with van der Waals surface area (Å²) in [7, 11) is 1.32. The van der Waals surface area contributed by atoms with Gasteiger partial charge in [-0.3, -0.25) is 9.48 Å². The van der Waals surface area contributed by atoms with E-state index in [2.05, 4.69) is 9.84 Å². The molecule has 0 spiro atoms. The summed E-state index contributed by atoms with van der Waals surface area (Å²) in [6.45, 7) is 0.648. The lowest BCUT2D eigenvalue weighted by Crippen LogP contribution is -2.22. The molecule has 2 aromatic rings. The number of esters is 1. The van der Waals surface area contributed by atoms with Gasteiger partial charge in [0.25, 0.3) is 0 Å². The lowest BCUT2D eigenvalue weighted by atomic mass is 10.2. The molecule has 18 heavy (non-hydrogen) atoms. The summed E-state index contributed by atoms with van der Waals surface area (Å²) in [4.78, 5) is 11.3. The second-order valence-electron chi connectivity index (χ2n) is 3.96. The summed E-state index contributed by atoms with van der Waals surface area (Å²) >= 11 is 0. The highest BCUT2D eigenvalue weighted by Gasteiger charge is 2.17. The molecule has 0 fully saturated rings. The third-order valence-electron chi connectivity index (χ3n) is 2.65. The zero-order chi connectivity index (χ0) is 13.0. The van der Waals surface area contributed by atoms with E-state index in [1.54, 1.807) is 17.1 Å². The molecule has 1 unspecified atom stereocenters. The first kappa shape index (κ1) is 12.3. The Morgan fingerprint density at radius 1 is 1.44 bits per heavy atom. The van der Waals surface area contributed by atoms with Gasteiger partial charge in [0.1, 0.15) is 6.04 Å². The summed E-state index contributed by atoms with van der Waals surface area (Å²) in [5, 5.41) is 4.18. The van der Waals surface area contributed by atoms with E-state index in [-0.39, 0.29) is 0 Å². The summed E-state index contributed by atoms with van der Waals surface area (Å²) in [5.74, 6) is -0.464. The Kier molecular flexibility index (Phi) is 3.74. The Hall–Kier alpha value is -2.14. The van der Waals surface area contributed by atoms with E-state index < -0.39 is 12.0 Å². The number of carbonyl (C=O) groups is 1. The number of hydrogen-bond donors (Lipinski definition) is 1. The molecule has 5 heteroatoms. The molecule has 1 heterocycles.